The van der Waals surface area contributed by atoms with Gasteiger partial charge in [-0.1, -0.05) is 66.7 Å². The maximum absolute atomic E-state index is 11.6. The van der Waals surface area contributed by atoms with E-state index in [9.17, 15) is 9.90 Å². The molecule has 0 bridgehead atoms. The number of hydrogen-bond acceptors (Lipinski definition) is 7. The van der Waals surface area contributed by atoms with Crippen LogP contribution < -0.4 is 0 Å². The molecule has 3 atom stereocenters. The Kier molecular flexibility index (Phi) is 10.2. The third-order valence-corrected chi connectivity index (χ3v) is 8.26. The molecule has 3 unspecified atom stereocenters. The summed E-state index contributed by atoms with van der Waals surface area (Å²) < 4.78 is 5.00. The molecular formula is C35H43N5O3. The van der Waals surface area contributed by atoms with Gasteiger partial charge >= 0.3 is 5.97 Å². The van der Waals surface area contributed by atoms with E-state index in [1.54, 1.807) is 17.1 Å². The number of hydrogen-bond donors (Lipinski definition) is 1. The fourth-order valence-electron chi connectivity index (χ4n) is 6.02. The summed E-state index contributed by atoms with van der Waals surface area (Å²) in [6, 6.07) is 27.6. The summed E-state index contributed by atoms with van der Waals surface area (Å²) in [5, 5.41) is 19.5. The number of benzene rings is 3. The number of aromatic nitrogens is 3. The Bertz CT molecular complexity index is 1460. The maximum atomic E-state index is 11.6. The molecule has 4 aromatic rings. The first-order valence-corrected chi connectivity index (χ1v) is 15.4. The van der Waals surface area contributed by atoms with Crippen LogP contribution in [0.15, 0.2) is 85.1 Å². The van der Waals surface area contributed by atoms with Gasteiger partial charge in [-0.05, 0) is 62.4 Å². The van der Waals surface area contributed by atoms with Crippen LogP contribution in [0.1, 0.15) is 62.8 Å². The molecule has 1 aromatic heterocycles. The van der Waals surface area contributed by atoms with Gasteiger partial charge in [0, 0.05) is 43.7 Å². The molecule has 0 radical (unpaired) electrons. The molecule has 226 valence electrons. The van der Waals surface area contributed by atoms with Crippen molar-refractivity contribution >= 4 is 5.97 Å². The molecule has 8 heteroatoms. The minimum absolute atomic E-state index is 0.00700. The first kappa shape index (κ1) is 30.4. The van der Waals surface area contributed by atoms with Gasteiger partial charge in [0.1, 0.15) is 11.4 Å². The molecule has 2 heterocycles. The molecule has 3 aromatic carbocycles. The number of aryl methyl sites for hydroxylation is 1. The molecular weight excluding hydrogens is 538 g/mol. The van der Waals surface area contributed by atoms with Crippen molar-refractivity contribution in [2.75, 3.05) is 19.7 Å². The third-order valence-electron chi connectivity index (χ3n) is 8.26. The smallest absolute Gasteiger partial charge is 0.305 e. The highest BCUT2D eigenvalue weighted by Gasteiger charge is 2.35. The Hall–Kier alpha value is -4.01. The Morgan fingerprint density at radius 3 is 2.49 bits per heavy atom. The zero-order chi connectivity index (χ0) is 30.2. The average molecular weight is 582 g/mol. The SMILES string of the molecule is CCOC(=O)CCCCn1ncc(-c2ccc(C(c3cccc(O)c3)N3CC(C)N(Cc4ccccc4)CC3C)cc2)n1. The van der Waals surface area contributed by atoms with Gasteiger partial charge < -0.3 is 9.84 Å². The Morgan fingerprint density at radius 2 is 1.74 bits per heavy atom. The van der Waals surface area contributed by atoms with E-state index in [0.29, 0.717) is 31.7 Å². The number of ether oxygens (including phenoxy) is 1. The summed E-state index contributed by atoms with van der Waals surface area (Å²) >= 11 is 0. The van der Waals surface area contributed by atoms with Crippen LogP contribution in [-0.2, 0) is 22.6 Å². The number of nitrogens with zero attached hydrogens (tertiary/aromatic N) is 5. The van der Waals surface area contributed by atoms with Gasteiger partial charge in [-0.15, -0.1) is 0 Å². The van der Waals surface area contributed by atoms with Crippen molar-refractivity contribution < 1.29 is 14.6 Å². The number of piperazine rings is 1. The molecule has 1 saturated heterocycles. The van der Waals surface area contributed by atoms with Gasteiger partial charge in [0.05, 0.1) is 25.4 Å². The number of aromatic hydroxyl groups is 1. The molecule has 43 heavy (non-hydrogen) atoms. The van der Waals surface area contributed by atoms with Crippen molar-refractivity contribution in [3.63, 3.8) is 0 Å². The number of phenolic OH excluding ortho intramolecular Hbond substituents is 1. The number of esters is 1. The minimum atomic E-state index is -0.154. The lowest BCUT2D eigenvalue weighted by molar-refractivity contribution is -0.143. The molecule has 5 rings (SSSR count). The van der Waals surface area contributed by atoms with E-state index in [1.807, 2.05) is 19.1 Å². The van der Waals surface area contributed by atoms with Crippen LogP contribution in [0.4, 0.5) is 0 Å². The van der Waals surface area contributed by atoms with Crippen LogP contribution in [0.2, 0.25) is 0 Å². The van der Waals surface area contributed by atoms with Crippen LogP contribution in [0.25, 0.3) is 11.3 Å². The van der Waals surface area contributed by atoms with Gasteiger partial charge in [-0.3, -0.25) is 14.6 Å². The van der Waals surface area contributed by atoms with Gasteiger partial charge in [0.25, 0.3) is 0 Å². The van der Waals surface area contributed by atoms with Gasteiger partial charge in [0.2, 0.25) is 0 Å². The van der Waals surface area contributed by atoms with Crippen molar-refractivity contribution in [3.05, 3.63) is 102 Å². The first-order chi connectivity index (χ1) is 20.9. The van der Waals surface area contributed by atoms with E-state index in [4.69, 9.17) is 4.74 Å². The second-order valence-corrected chi connectivity index (χ2v) is 11.5. The van der Waals surface area contributed by atoms with E-state index in [-0.39, 0.29) is 17.8 Å². The van der Waals surface area contributed by atoms with Crippen molar-refractivity contribution in [1.82, 2.24) is 24.8 Å². The molecule has 1 aliphatic heterocycles. The van der Waals surface area contributed by atoms with E-state index in [1.165, 1.54) is 11.1 Å². The summed E-state index contributed by atoms with van der Waals surface area (Å²) in [4.78, 5) is 18.4. The van der Waals surface area contributed by atoms with Crippen LogP contribution in [0.5, 0.6) is 5.75 Å². The lowest BCUT2D eigenvalue weighted by atomic mass is 9.92. The first-order valence-electron chi connectivity index (χ1n) is 15.4. The lowest BCUT2D eigenvalue weighted by Crippen LogP contribution is -2.56. The van der Waals surface area contributed by atoms with E-state index in [0.717, 1.165) is 49.3 Å². The summed E-state index contributed by atoms with van der Waals surface area (Å²) in [5.74, 6) is 0.125. The number of rotatable bonds is 12. The number of carbonyl (C=O) groups excluding carboxylic acids is 1. The highest BCUT2D eigenvalue weighted by Crippen LogP contribution is 2.35. The normalized spacial score (nSPS) is 18.4. The Labute approximate surface area is 254 Å². The predicted octanol–water partition coefficient (Wildman–Crippen LogP) is 6.07. The Balaban J connectivity index is 1.30. The van der Waals surface area contributed by atoms with E-state index in [2.05, 4.69) is 94.5 Å². The monoisotopic (exact) mass is 581 g/mol. The summed E-state index contributed by atoms with van der Waals surface area (Å²) in [5.41, 5.74) is 5.42. The van der Waals surface area contributed by atoms with E-state index >= 15 is 0 Å². The van der Waals surface area contributed by atoms with Gasteiger partial charge in [-0.25, -0.2) is 0 Å². The third kappa shape index (κ3) is 7.89. The van der Waals surface area contributed by atoms with Gasteiger partial charge in [0.15, 0.2) is 0 Å². The molecule has 0 amide bonds. The van der Waals surface area contributed by atoms with E-state index < -0.39 is 0 Å². The molecule has 1 fully saturated rings. The van der Waals surface area contributed by atoms with Gasteiger partial charge in [-0.2, -0.15) is 15.0 Å². The minimum Gasteiger partial charge on any atom is -0.508 e. The second kappa shape index (κ2) is 14.4. The summed E-state index contributed by atoms with van der Waals surface area (Å²) in [6.45, 7) is 10.3. The predicted molar refractivity (Wildman–Crippen MR) is 168 cm³/mol. The molecule has 1 N–H and O–H groups in total. The maximum Gasteiger partial charge on any atom is 0.305 e. The largest absolute Gasteiger partial charge is 0.508 e. The molecule has 8 nitrogen and oxygen atoms in total. The number of carbonyl (C=O) groups is 1. The molecule has 0 aliphatic carbocycles. The molecule has 1 aliphatic rings. The van der Waals surface area contributed by atoms with Crippen LogP contribution >= 0.6 is 0 Å². The van der Waals surface area contributed by atoms with Crippen molar-refractivity contribution in [3.8, 4) is 17.0 Å². The quantitative estimate of drug-likeness (QED) is 0.161. The summed E-state index contributed by atoms with van der Waals surface area (Å²) in [7, 11) is 0. The average Bonchev–Trinajstić information content (AvgIpc) is 3.48. The van der Waals surface area contributed by atoms with Crippen LogP contribution in [-0.4, -0.2) is 67.6 Å². The Morgan fingerprint density at radius 1 is 0.953 bits per heavy atom. The fourth-order valence-corrected chi connectivity index (χ4v) is 6.02. The van der Waals surface area contributed by atoms with Crippen molar-refractivity contribution in [2.24, 2.45) is 0 Å². The molecule has 0 spiro atoms. The zero-order valence-corrected chi connectivity index (χ0v) is 25.5. The summed E-state index contributed by atoms with van der Waals surface area (Å²) in [6.07, 6.45) is 3.77. The fraction of sp³-hybridized carbons (Fsp3) is 0.400. The van der Waals surface area contributed by atoms with Crippen molar-refractivity contribution in [2.45, 2.75) is 71.2 Å². The number of unbranched alkanes of at least 4 members (excludes halogenated alkanes) is 1. The topological polar surface area (TPSA) is 83.7 Å². The van der Waals surface area contributed by atoms with Crippen LogP contribution in [0.3, 0.4) is 0 Å². The lowest BCUT2D eigenvalue weighted by Gasteiger charge is -2.47. The number of phenols is 1. The molecule has 0 saturated carbocycles. The van der Waals surface area contributed by atoms with Crippen molar-refractivity contribution in [1.29, 1.82) is 0 Å². The highest BCUT2D eigenvalue weighted by molar-refractivity contribution is 5.69. The highest BCUT2D eigenvalue weighted by atomic mass is 16.5. The zero-order valence-electron chi connectivity index (χ0n) is 25.5. The standard InChI is InChI=1S/C35H43N5O3/c1-4-43-34(42)15-8-9-20-40-36-22-33(37-40)29-16-18-30(19-17-29)35(31-13-10-14-32(41)21-31)39-24-26(2)38(23-27(39)3)25-28-11-6-5-7-12-28/h5-7,10-14,16-19,21-22,26-27,35,41H,4,8-9,15,20,23-25H2,1-3H3. The van der Waals surface area contributed by atoms with Crippen LogP contribution in [0, 0.1) is 0 Å². The second-order valence-electron chi connectivity index (χ2n) is 11.5.